The maximum Gasteiger partial charge on any atom is 0.343 e. The summed E-state index contributed by atoms with van der Waals surface area (Å²) in [4.78, 5) is 37.0. The Morgan fingerprint density at radius 3 is 2.54 bits per heavy atom. The lowest BCUT2D eigenvalue weighted by atomic mass is 9.63. The number of benzene rings is 1. The molecule has 0 bridgehead atoms. The molecule has 6 nitrogen and oxygen atoms in total. The molecule has 1 aromatic rings. The van der Waals surface area contributed by atoms with Gasteiger partial charge >= 0.3 is 11.9 Å². The van der Waals surface area contributed by atoms with Gasteiger partial charge in [-0.15, -0.1) is 0 Å². The molecule has 0 amide bonds. The van der Waals surface area contributed by atoms with Crippen LogP contribution in [0.4, 0.5) is 0 Å². The Bertz CT molecular complexity index is 804. The molecular formula is C20H22Cl2O6. The monoisotopic (exact) mass is 428 g/mol. The normalized spacial score (nSPS) is 21.3. The van der Waals surface area contributed by atoms with E-state index in [-0.39, 0.29) is 13.0 Å². The summed E-state index contributed by atoms with van der Waals surface area (Å²) in [6.07, 6.45) is 1.97. The third-order valence-electron chi connectivity index (χ3n) is 4.38. The smallest absolute Gasteiger partial charge is 0.343 e. The summed E-state index contributed by atoms with van der Waals surface area (Å²) in [7, 11) is 0. The molecule has 1 saturated carbocycles. The summed E-state index contributed by atoms with van der Waals surface area (Å²) in [5.41, 5.74) is -1.77. The van der Waals surface area contributed by atoms with Gasteiger partial charge in [-0.2, -0.15) is 0 Å². The first-order valence-electron chi connectivity index (χ1n) is 8.87. The van der Waals surface area contributed by atoms with E-state index in [4.69, 9.17) is 32.7 Å². The van der Waals surface area contributed by atoms with E-state index in [2.05, 4.69) is 0 Å². The molecule has 8 heteroatoms. The van der Waals surface area contributed by atoms with Crippen molar-refractivity contribution in [3.8, 4) is 0 Å². The fourth-order valence-electron chi connectivity index (χ4n) is 2.99. The third kappa shape index (κ3) is 4.74. The number of ketones is 1. The predicted octanol–water partition coefficient (Wildman–Crippen LogP) is 3.46. The third-order valence-corrected chi connectivity index (χ3v) is 5.12. The van der Waals surface area contributed by atoms with Crippen LogP contribution in [0.15, 0.2) is 24.3 Å². The number of carbonyl (C=O) groups excluding carboxylic acids is 3. The van der Waals surface area contributed by atoms with Gasteiger partial charge in [0.05, 0.1) is 34.6 Å². The van der Waals surface area contributed by atoms with E-state index in [1.165, 1.54) is 6.08 Å². The van der Waals surface area contributed by atoms with Crippen molar-refractivity contribution in [2.24, 2.45) is 11.8 Å². The summed E-state index contributed by atoms with van der Waals surface area (Å²) in [6, 6.07) is 4.73. The van der Waals surface area contributed by atoms with E-state index in [0.29, 0.717) is 15.6 Å². The molecule has 0 aliphatic heterocycles. The average molecular weight is 429 g/mol. The standard InChI is InChI=1S/C20H22Cl2O6/c1-4-27-18(24)13-10-16(23)17(13)20(26,19(25)28-11(2)3)8-7-12-5-6-14(21)15(22)9-12/h5-9,11,13,17,26H,4,10H2,1-3H3/b8-7+/t13-,17+,20+/m0/s1. The molecule has 28 heavy (non-hydrogen) atoms. The largest absolute Gasteiger partial charge is 0.466 e. The van der Waals surface area contributed by atoms with Crippen molar-refractivity contribution in [1.29, 1.82) is 0 Å². The lowest BCUT2D eigenvalue weighted by Gasteiger charge is -2.41. The highest BCUT2D eigenvalue weighted by molar-refractivity contribution is 6.42. The highest BCUT2D eigenvalue weighted by atomic mass is 35.5. The second-order valence-electron chi connectivity index (χ2n) is 6.79. The maximum atomic E-state index is 12.6. The van der Waals surface area contributed by atoms with E-state index in [0.717, 1.165) is 6.08 Å². The minimum atomic E-state index is -2.32. The summed E-state index contributed by atoms with van der Waals surface area (Å²) >= 11 is 11.9. The molecule has 0 radical (unpaired) electrons. The fourth-order valence-corrected chi connectivity index (χ4v) is 3.30. The molecule has 1 aromatic carbocycles. The van der Waals surface area contributed by atoms with E-state index < -0.39 is 41.3 Å². The zero-order valence-electron chi connectivity index (χ0n) is 15.8. The number of esters is 2. The summed E-state index contributed by atoms with van der Waals surface area (Å²) in [5, 5.41) is 11.8. The molecule has 0 saturated heterocycles. The van der Waals surface area contributed by atoms with E-state index >= 15 is 0 Å². The Hall–Kier alpha value is -1.89. The molecule has 152 valence electrons. The van der Waals surface area contributed by atoms with Gasteiger partial charge in [-0.05, 0) is 44.5 Å². The van der Waals surface area contributed by atoms with E-state index in [1.54, 1.807) is 39.0 Å². The molecule has 0 unspecified atom stereocenters. The van der Waals surface area contributed by atoms with Gasteiger partial charge in [0.15, 0.2) is 5.60 Å². The Morgan fingerprint density at radius 2 is 2.00 bits per heavy atom. The topological polar surface area (TPSA) is 89.9 Å². The zero-order chi connectivity index (χ0) is 21.1. The molecule has 0 heterocycles. The maximum absolute atomic E-state index is 12.6. The number of halogens is 2. The molecule has 3 atom stereocenters. The molecule has 1 aliphatic carbocycles. The number of hydrogen-bond donors (Lipinski definition) is 1. The summed E-state index contributed by atoms with van der Waals surface area (Å²) in [6.45, 7) is 5.00. The molecule has 0 spiro atoms. The number of hydrogen-bond acceptors (Lipinski definition) is 6. The van der Waals surface area contributed by atoms with Gasteiger partial charge in [0.25, 0.3) is 0 Å². The number of Topliss-reactive ketones (excluding diaryl/α,β-unsaturated/α-hetero) is 1. The van der Waals surface area contributed by atoms with E-state index in [1.807, 2.05) is 0 Å². The minimum absolute atomic E-state index is 0.0959. The summed E-state index contributed by atoms with van der Waals surface area (Å²) in [5.74, 6) is -4.26. The van der Waals surface area contributed by atoms with Crippen LogP contribution < -0.4 is 0 Å². The van der Waals surface area contributed by atoms with Crippen molar-refractivity contribution in [2.45, 2.75) is 38.9 Å². The Balaban J connectivity index is 2.40. The van der Waals surface area contributed by atoms with E-state index in [9.17, 15) is 19.5 Å². The van der Waals surface area contributed by atoms with Gasteiger partial charge in [-0.3, -0.25) is 9.59 Å². The van der Waals surface area contributed by atoms with Gasteiger partial charge in [0.1, 0.15) is 5.78 Å². The number of carbonyl (C=O) groups is 3. The molecule has 0 aromatic heterocycles. The van der Waals surface area contributed by atoms with Crippen LogP contribution in [-0.2, 0) is 23.9 Å². The first-order valence-corrected chi connectivity index (χ1v) is 9.62. The Kier molecular flexibility index (Phi) is 7.26. The summed E-state index contributed by atoms with van der Waals surface area (Å²) < 4.78 is 10.1. The highest BCUT2D eigenvalue weighted by Crippen LogP contribution is 2.42. The zero-order valence-corrected chi connectivity index (χ0v) is 17.3. The van der Waals surface area contributed by atoms with Crippen LogP contribution in [0, 0.1) is 11.8 Å². The van der Waals surface area contributed by atoms with Crippen LogP contribution in [-0.4, -0.2) is 41.1 Å². The van der Waals surface area contributed by atoms with Crippen molar-refractivity contribution < 1.29 is 29.0 Å². The second-order valence-corrected chi connectivity index (χ2v) is 7.61. The lowest BCUT2D eigenvalue weighted by molar-refractivity contribution is -0.185. The quantitative estimate of drug-likeness (QED) is 0.668. The highest BCUT2D eigenvalue weighted by Gasteiger charge is 2.59. The van der Waals surface area contributed by atoms with Gasteiger partial charge in [-0.25, -0.2) is 4.79 Å². The number of aliphatic hydroxyl groups is 1. The second kappa shape index (κ2) is 9.07. The van der Waals surface area contributed by atoms with Crippen molar-refractivity contribution in [1.82, 2.24) is 0 Å². The molecule has 1 N–H and O–H groups in total. The van der Waals surface area contributed by atoms with Gasteiger partial charge < -0.3 is 14.6 Å². The van der Waals surface area contributed by atoms with Crippen molar-refractivity contribution in [2.75, 3.05) is 6.61 Å². The van der Waals surface area contributed by atoms with Crippen molar-refractivity contribution in [3.63, 3.8) is 0 Å². The van der Waals surface area contributed by atoms with Gasteiger partial charge in [-0.1, -0.05) is 35.3 Å². The number of ether oxygens (including phenoxy) is 2. The predicted molar refractivity (Wildman–Crippen MR) is 105 cm³/mol. The van der Waals surface area contributed by atoms with Gasteiger partial charge in [0, 0.05) is 6.42 Å². The molecular weight excluding hydrogens is 407 g/mol. The van der Waals surface area contributed by atoms with Crippen molar-refractivity contribution in [3.05, 3.63) is 39.9 Å². The molecule has 1 aliphatic rings. The van der Waals surface area contributed by atoms with Gasteiger partial charge in [0.2, 0.25) is 0 Å². The lowest BCUT2D eigenvalue weighted by Crippen LogP contribution is -2.59. The van der Waals surface area contributed by atoms with Crippen LogP contribution in [0.2, 0.25) is 10.0 Å². The number of rotatable bonds is 7. The molecule has 1 fully saturated rings. The van der Waals surface area contributed by atoms with Crippen LogP contribution in [0.5, 0.6) is 0 Å². The average Bonchev–Trinajstić information content (AvgIpc) is 2.60. The first kappa shape index (κ1) is 22.4. The van der Waals surface area contributed by atoms with Crippen molar-refractivity contribution >= 4 is 47.0 Å². The Labute approximate surface area is 173 Å². The fraction of sp³-hybridized carbons (Fsp3) is 0.450. The SMILES string of the molecule is CCOC(=O)[C@H]1CC(=O)[C@@H]1[C@](O)(/C=C/c1ccc(Cl)c(Cl)c1)C(=O)OC(C)C. The molecule has 2 rings (SSSR count). The van der Waals surface area contributed by atoms with Crippen LogP contribution in [0.25, 0.3) is 6.08 Å². The van der Waals surface area contributed by atoms with Crippen LogP contribution in [0.1, 0.15) is 32.8 Å². The van der Waals surface area contributed by atoms with Crippen LogP contribution in [0.3, 0.4) is 0 Å². The Morgan fingerprint density at radius 1 is 1.32 bits per heavy atom. The van der Waals surface area contributed by atoms with Crippen LogP contribution >= 0.6 is 23.2 Å². The first-order chi connectivity index (χ1) is 13.1. The minimum Gasteiger partial charge on any atom is -0.466 e.